The fraction of sp³-hybridized carbons (Fsp3) is 0.636. The van der Waals surface area contributed by atoms with Crippen molar-refractivity contribution in [3.63, 3.8) is 0 Å². The summed E-state index contributed by atoms with van der Waals surface area (Å²) in [7, 11) is 3.56. The fourth-order valence-corrected chi connectivity index (χ4v) is 5.22. The van der Waals surface area contributed by atoms with E-state index in [0.717, 1.165) is 17.4 Å². The van der Waals surface area contributed by atoms with Gasteiger partial charge in [0.1, 0.15) is 0 Å². The van der Waals surface area contributed by atoms with Crippen LogP contribution in [0.5, 0.6) is 11.5 Å². The Balaban J connectivity index is 2.37. The molecule has 0 saturated heterocycles. The highest BCUT2D eigenvalue weighted by atomic mass is 16.5. The molecule has 3 rings (SSSR count). The average molecular weight is 328 g/mol. The standard InChI is InChI=1S/C22H32O2/c1-12(2)10-16-11-14(4)17-9-8-13(3)18-20(17)19(16)15(5)21(23-6)22(18)24-7/h10,13-14,16-17H,8-9,11H2,1-7H3/t13-,14-,16-,17?/m0/s1. The summed E-state index contributed by atoms with van der Waals surface area (Å²) in [6.07, 6.45) is 6.25. The topological polar surface area (TPSA) is 18.5 Å². The predicted octanol–water partition coefficient (Wildman–Crippen LogP) is 6.08. The fourth-order valence-electron chi connectivity index (χ4n) is 5.22. The molecular weight excluding hydrogens is 296 g/mol. The normalized spacial score (nSPS) is 28.1. The lowest BCUT2D eigenvalue weighted by Crippen LogP contribution is -2.28. The smallest absolute Gasteiger partial charge is 0.164 e. The van der Waals surface area contributed by atoms with Crippen LogP contribution in [0.15, 0.2) is 11.6 Å². The Labute approximate surface area is 147 Å². The Hall–Kier alpha value is -1.44. The number of methoxy groups -OCH3 is 2. The van der Waals surface area contributed by atoms with E-state index in [1.54, 1.807) is 19.8 Å². The lowest BCUT2D eigenvalue weighted by atomic mass is 9.62. The zero-order chi connectivity index (χ0) is 17.6. The van der Waals surface area contributed by atoms with Gasteiger partial charge in [0.15, 0.2) is 11.5 Å². The molecule has 0 N–H and O–H groups in total. The molecule has 1 aromatic carbocycles. The minimum Gasteiger partial charge on any atom is -0.493 e. The summed E-state index contributed by atoms with van der Waals surface area (Å²) in [4.78, 5) is 0. The van der Waals surface area contributed by atoms with Crippen molar-refractivity contribution >= 4 is 0 Å². The van der Waals surface area contributed by atoms with Gasteiger partial charge in [-0.1, -0.05) is 25.5 Å². The molecule has 2 aliphatic carbocycles. The number of allylic oxidation sites excluding steroid dienone is 2. The summed E-state index contributed by atoms with van der Waals surface area (Å²) in [6.45, 7) is 11.4. The molecule has 2 heteroatoms. The van der Waals surface area contributed by atoms with Gasteiger partial charge in [-0.15, -0.1) is 0 Å². The maximum Gasteiger partial charge on any atom is 0.164 e. The highest BCUT2D eigenvalue weighted by molar-refractivity contribution is 5.64. The van der Waals surface area contributed by atoms with Gasteiger partial charge < -0.3 is 9.47 Å². The van der Waals surface area contributed by atoms with E-state index in [1.807, 2.05) is 0 Å². The van der Waals surface area contributed by atoms with Gasteiger partial charge >= 0.3 is 0 Å². The zero-order valence-electron chi connectivity index (χ0n) is 16.3. The Bertz CT molecular complexity index is 667. The van der Waals surface area contributed by atoms with Crippen LogP contribution in [0.3, 0.4) is 0 Å². The van der Waals surface area contributed by atoms with Crippen LogP contribution in [0, 0.1) is 12.8 Å². The first-order chi connectivity index (χ1) is 11.4. The third-order valence-corrected chi connectivity index (χ3v) is 6.18. The van der Waals surface area contributed by atoms with Crippen LogP contribution in [0.2, 0.25) is 0 Å². The van der Waals surface area contributed by atoms with E-state index in [0.29, 0.717) is 17.8 Å². The van der Waals surface area contributed by atoms with Gasteiger partial charge in [0, 0.05) is 11.5 Å². The minimum absolute atomic E-state index is 0.500. The zero-order valence-corrected chi connectivity index (χ0v) is 16.3. The summed E-state index contributed by atoms with van der Waals surface area (Å²) in [6, 6.07) is 0. The van der Waals surface area contributed by atoms with Gasteiger partial charge in [0.2, 0.25) is 0 Å². The molecule has 0 aromatic heterocycles. The van der Waals surface area contributed by atoms with Gasteiger partial charge in [-0.25, -0.2) is 0 Å². The van der Waals surface area contributed by atoms with Crippen LogP contribution in [-0.4, -0.2) is 14.2 Å². The SMILES string of the molecule is COc1c(C)c2c3c(c1OC)[C@@H](C)CCC3[C@@H](C)C[C@@H]2C=C(C)C. The molecule has 0 saturated carbocycles. The lowest BCUT2D eigenvalue weighted by molar-refractivity contribution is 0.308. The summed E-state index contributed by atoms with van der Waals surface area (Å²) < 4.78 is 11.7. The highest BCUT2D eigenvalue weighted by Gasteiger charge is 2.41. The number of rotatable bonds is 3. The van der Waals surface area contributed by atoms with Gasteiger partial charge in [-0.3, -0.25) is 0 Å². The van der Waals surface area contributed by atoms with Crippen molar-refractivity contribution in [1.29, 1.82) is 0 Å². The van der Waals surface area contributed by atoms with Gasteiger partial charge in [0.25, 0.3) is 0 Å². The first-order valence-corrected chi connectivity index (χ1v) is 9.33. The molecule has 4 atom stereocenters. The highest BCUT2D eigenvalue weighted by Crippen LogP contribution is 2.58. The largest absolute Gasteiger partial charge is 0.493 e. The summed E-state index contributed by atoms with van der Waals surface area (Å²) in [5, 5.41) is 0. The lowest BCUT2D eigenvalue weighted by Gasteiger charge is -2.43. The van der Waals surface area contributed by atoms with Gasteiger partial charge in [-0.2, -0.15) is 0 Å². The number of ether oxygens (including phenoxy) is 2. The van der Waals surface area contributed by atoms with Gasteiger partial charge in [-0.05, 0) is 74.5 Å². The number of hydrogen-bond donors (Lipinski definition) is 0. The second-order valence-corrected chi connectivity index (χ2v) is 8.08. The van der Waals surface area contributed by atoms with E-state index in [9.17, 15) is 0 Å². The summed E-state index contributed by atoms with van der Waals surface area (Å²) >= 11 is 0. The Kier molecular flexibility index (Phi) is 4.68. The van der Waals surface area contributed by atoms with Crippen molar-refractivity contribution in [2.24, 2.45) is 5.92 Å². The molecule has 0 spiro atoms. The monoisotopic (exact) mass is 328 g/mol. The first kappa shape index (κ1) is 17.4. The van der Waals surface area contributed by atoms with E-state index in [1.165, 1.54) is 41.5 Å². The molecule has 2 nitrogen and oxygen atoms in total. The molecule has 0 fully saturated rings. The van der Waals surface area contributed by atoms with E-state index < -0.39 is 0 Å². The van der Waals surface area contributed by atoms with Crippen LogP contribution >= 0.6 is 0 Å². The summed E-state index contributed by atoms with van der Waals surface area (Å²) in [5.74, 6) is 4.36. The average Bonchev–Trinajstić information content (AvgIpc) is 2.52. The van der Waals surface area contributed by atoms with Gasteiger partial charge in [0.05, 0.1) is 14.2 Å². The van der Waals surface area contributed by atoms with Crippen LogP contribution in [0.4, 0.5) is 0 Å². The molecule has 0 radical (unpaired) electrons. The van der Waals surface area contributed by atoms with Crippen LogP contribution in [-0.2, 0) is 0 Å². The second-order valence-electron chi connectivity index (χ2n) is 8.08. The quantitative estimate of drug-likeness (QED) is 0.626. The third-order valence-electron chi connectivity index (χ3n) is 6.18. The van der Waals surface area contributed by atoms with E-state index in [4.69, 9.17) is 9.47 Å². The van der Waals surface area contributed by atoms with Crippen molar-refractivity contribution in [2.45, 2.75) is 71.6 Å². The molecule has 0 aliphatic heterocycles. The third kappa shape index (κ3) is 2.55. The predicted molar refractivity (Wildman–Crippen MR) is 101 cm³/mol. The Morgan fingerprint density at radius 3 is 2.21 bits per heavy atom. The molecular formula is C22H32O2. The van der Waals surface area contributed by atoms with Crippen molar-refractivity contribution in [3.05, 3.63) is 33.9 Å². The molecule has 2 aliphatic rings. The second kappa shape index (κ2) is 6.46. The van der Waals surface area contributed by atoms with Crippen LogP contribution in [0.25, 0.3) is 0 Å². The van der Waals surface area contributed by atoms with Crippen molar-refractivity contribution in [2.75, 3.05) is 14.2 Å². The Morgan fingerprint density at radius 1 is 0.958 bits per heavy atom. The maximum atomic E-state index is 5.87. The molecule has 0 bridgehead atoms. The number of benzene rings is 1. The molecule has 0 amide bonds. The van der Waals surface area contributed by atoms with Crippen LogP contribution in [0.1, 0.15) is 87.0 Å². The van der Waals surface area contributed by atoms with Crippen molar-refractivity contribution in [1.82, 2.24) is 0 Å². The maximum absolute atomic E-state index is 5.87. The summed E-state index contributed by atoms with van der Waals surface area (Å²) in [5.41, 5.74) is 7.22. The first-order valence-electron chi connectivity index (χ1n) is 9.33. The molecule has 132 valence electrons. The minimum atomic E-state index is 0.500. The van der Waals surface area contributed by atoms with Crippen LogP contribution < -0.4 is 9.47 Å². The van der Waals surface area contributed by atoms with Crippen molar-refractivity contribution in [3.8, 4) is 11.5 Å². The molecule has 0 heterocycles. The van der Waals surface area contributed by atoms with Crippen molar-refractivity contribution < 1.29 is 9.47 Å². The van der Waals surface area contributed by atoms with E-state index >= 15 is 0 Å². The van der Waals surface area contributed by atoms with E-state index in [-0.39, 0.29) is 0 Å². The molecule has 1 aromatic rings. The number of hydrogen-bond acceptors (Lipinski definition) is 2. The Morgan fingerprint density at radius 2 is 1.62 bits per heavy atom. The molecule has 1 unspecified atom stereocenters. The molecule has 24 heavy (non-hydrogen) atoms. The van der Waals surface area contributed by atoms with E-state index in [2.05, 4.69) is 40.7 Å².